The molecule has 1 aliphatic heterocycles. The van der Waals surface area contributed by atoms with Crippen molar-refractivity contribution in [2.75, 3.05) is 40.0 Å². The normalized spacial score (nSPS) is 17.9. The molecule has 1 aromatic carbocycles. The van der Waals surface area contributed by atoms with Crippen molar-refractivity contribution in [1.82, 2.24) is 9.80 Å². The molecule has 2 amide bonds. The quantitative estimate of drug-likeness (QED) is 0.569. The molecule has 8 heteroatoms. The Hall–Kier alpha value is -2.09. The molecule has 2 heterocycles. The summed E-state index contributed by atoms with van der Waals surface area (Å²) >= 11 is 7.68. The van der Waals surface area contributed by atoms with Crippen LogP contribution in [-0.2, 0) is 20.7 Å². The standard InChI is InChI=1S/C23H27ClN2O4S/c1-29-12-11-25(23(28)16-2-3-16)14-22(27)26-10-8-21-19(9-13-31-21)20(26)15-30-18-6-4-17(24)5-7-18/h4-7,9,13,16,20H,2-3,8,10-12,14-15H2,1H3. The number of hydrogen-bond donors (Lipinski definition) is 0. The molecule has 1 aliphatic carbocycles. The fraction of sp³-hybridized carbons (Fsp3) is 0.478. The van der Waals surface area contributed by atoms with Gasteiger partial charge in [0.2, 0.25) is 11.8 Å². The van der Waals surface area contributed by atoms with Gasteiger partial charge in [-0.05, 0) is 60.5 Å². The van der Waals surface area contributed by atoms with Crippen LogP contribution >= 0.6 is 22.9 Å². The lowest BCUT2D eigenvalue weighted by atomic mass is 10.0. The molecule has 0 N–H and O–H groups in total. The van der Waals surface area contributed by atoms with E-state index in [1.165, 1.54) is 4.88 Å². The Morgan fingerprint density at radius 1 is 1.23 bits per heavy atom. The highest BCUT2D eigenvalue weighted by molar-refractivity contribution is 7.10. The third-order valence-corrected chi connectivity index (χ3v) is 7.01. The molecule has 2 aromatic rings. The highest BCUT2D eigenvalue weighted by Gasteiger charge is 2.37. The molecule has 1 fully saturated rings. The zero-order chi connectivity index (χ0) is 21.8. The van der Waals surface area contributed by atoms with Crippen LogP contribution in [0.3, 0.4) is 0 Å². The van der Waals surface area contributed by atoms with E-state index in [0.29, 0.717) is 37.1 Å². The zero-order valence-electron chi connectivity index (χ0n) is 17.6. The number of hydrogen-bond acceptors (Lipinski definition) is 5. The van der Waals surface area contributed by atoms with E-state index in [-0.39, 0.29) is 30.3 Å². The molecular weight excluding hydrogens is 436 g/mol. The van der Waals surface area contributed by atoms with Crippen LogP contribution in [0.5, 0.6) is 5.75 Å². The highest BCUT2D eigenvalue weighted by atomic mass is 35.5. The van der Waals surface area contributed by atoms with Gasteiger partial charge in [-0.3, -0.25) is 9.59 Å². The lowest BCUT2D eigenvalue weighted by molar-refractivity contribution is -0.143. The number of rotatable bonds is 9. The second-order valence-corrected chi connectivity index (χ2v) is 9.38. The fourth-order valence-electron chi connectivity index (χ4n) is 3.89. The molecule has 6 nitrogen and oxygen atoms in total. The predicted octanol–water partition coefficient (Wildman–Crippen LogP) is 3.79. The molecule has 0 radical (unpaired) electrons. The van der Waals surface area contributed by atoms with Crippen molar-refractivity contribution < 1.29 is 19.1 Å². The van der Waals surface area contributed by atoms with Crippen LogP contribution in [0.15, 0.2) is 35.7 Å². The molecule has 0 bridgehead atoms. The van der Waals surface area contributed by atoms with Gasteiger partial charge in [-0.25, -0.2) is 0 Å². The van der Waals surface area contributed by atoms with Crippen molar-refractivity contribution >= 4 is 34.8 Å². The summed E-state index contributed by atoms with van der Waals surface area (Å²) in [5.41, 5.74) is 1.13. The van der Waals surface area contributed by atoms with Gasteiger partial charge in [0, 0.05) is 36.0 Å². The van der Waals surface area contributed by atoms with Crippen LogP contribution in [0.4, 0.5) is 0 Å². The molecule has 2 aliphatic rings. The van der Waals surface area contributed by atoms with Crippen molar-refractivity contribution in [3.63, 3.8) is 0 Å². The summed E-state index contributed by atoms with van der Waals surface area (Å²) in [6.45, 7) is 1.91. The van der Waals surface area contributed by atoms with Gasteiger partial charge in [-0.2, -0.15) is 0 Å². The predicted molar refractivity (Wildman–Crippen MR) is 121 cm³/mol. The van der Waals surface area contributed by atoms with Crippen molar-refractivity contribution in [2.45, 2.75) is 25.3 Å². The van der Waals surface area contributed by atoms with E-state index in [1.807, 2.05) is 17.0 Å². The first-order valence-corrected chi connectivity index (χ1v) is 11.8. The molecule has 0 spiro atoms. The summed E-state index contributed by atoms with van der Waals surface area (Å²) in [6.07, 6.45) is 2.65. The Kier molecular flexibility index (Phi) is 7.15. The number of halogens is 1. The zero-order valence-corrected chi connectivity index (χ0v) is 19.2. The fourth-order valence-corrected chi connectivity index (χ4v) is 4.95. The Morgan fingerprint density at radius 3 is 2.71 bits per heavy atom. The first-order chi connectivity index (χ1) is 15.1. The number of nitrogens with zero attached hydrogens (tertiary/aromatic N) is 2. The summed E-state index contributed by atoms with van der Waals surface area (Å²) in [5.74, 6) is 0.794. The molecule has 1 saturated carbocycles. The van der Waals surface area contributed by atoms with Gasteiger partial charge in [0.15, 0.2) is 0 Å². The number of amides is 2. The lowest BCUT2D eigenvalue weighted by Crippen LogP contribution is -2.48. The largest absolute Gasteiger partial charge is 0.491 e. The Balaban J connectivity index is 1.48. The molecular formula is C23H27ClN2O4S. The second kappa shape index (κ2) is 10.0. The minimum absolute atomic E-state index is 0.0494. The number of benzene rings is 1. The smallest absolute Gasteiger partial charge is 0.242 e. The van der Waals surface area contributed by atoms with Crippen LogP contribution in [0, 0.1) is 5.92 Å². The van der Waals surface area contributed by atoms with E-state index in [4.69, 9.17) is 21.1 Å². The molecule has 0 saturated heterocycles. The average Bonchev–Trinajstić information content (AvgIpc) is 3.52. The highest BCUT2D eigenvalue weighted by Crippen LogP contribution is 2.35. The van der Waals surface area contributed by atoms with Gasteiger partial charge in [-0.1, -0.05) is 11.6 Å². The number of carbonyl (C=O) groups is 2. The average molecular weight is 463 g/mol. The van der Waals surface area contributed by atoms with E-state index >= 15 is 0 Å². The number of thiophene rings is 1. The van der Waals surface area contributed by atoms with Crippen LogP contribution in [-0.4, -0.2) is 61.6 Å². The topological polar surface area (TPSA) is 59.1 Å². The monoisotopic (exact) mass is 462 g/mol. The van der Waals surface area contributed by atoms with Crippen molar-refractivity contribution in [1.29, 1.82) is 0 Å². The summed E-state index contributed by atoms with van der Waals surface area (Å²) in [4.78, 5) is 30.8. The molecule has 4 rings (SSSR count). The van der Waals surface area contributed by atoms with Gasteiger partial charge in [-0.15, -0.1) is 11.3 Å². The minimum atomic E-state index is -0.182. The summed E-state index contributed by atoms with van der Waals surface area (Å²) in [5, 5.41) is 2.72. The minimum Gasteiger partial charge on any atom is -0.491 e. The van der Waals surface area contributed by atoms with E-state index in [0.717, 1.165) is 24.8 Å². The Morgan fingerprint density at radius 2 is 2.00 bits per heavy atom. The van der Waals surface area contributed by atoms with Gasteiger partial charge < -0.3 is 19.3 Å². The third kappa shape index (κ3) is 5.40. The van der Waals surface area contributed by atoms with E-state index < -0.39 is 0 Å². The second-order valence-electron chi connectivity index (χ2n) is 7.94. The molecule has 166 valence electrons. The maximum absolute atomic E-state index is 13.3. The number of fused-ring (bicyclic) bond motifs is 1. The Labute approximate surface area is 191 Å². The van der Waals surface area contributed by atoms with Gasteiger partial charge in [0.25, 0.3) is 0 Å². The van der Waals surface area contributed by atoms with Crippen LogP contribution < -0.4 is 4.74 Å². The first-order valence-electron chi connectivity index (χ1n) is 10.6. The SMILES string of the molecule is COCCN(CC(=O)N1CCc2sccc2C1COc1ccc(Cl)cc1)C(=O)C1CC1. The van der Waals surface area contributed by atoms with E-state index in [1.54, 1.807) is 35.5 Å². The maximum Gasteiger partial charge on any atom is 0.242 e. The molecule has 1 unspecified atom stereocenters. The summed E-state index contributed by atoms with van der Waals surface area (Å²) in [6, 6.07) is 9.12. The maximum atomic E-state index is 13.3. The number of methoxy groups -OCH3 is 1. The first kappa shape index (κ1) is 22.1. The summed E-state index contributed by atoms with van der Waals surface area (Å²) in [7, 11) is 1.61. The van der Waals surface area contributed by atoms with E-state index in [9.17, 15) is 9.59 Å². The Bertz CT molecular complexity index is 913. The van der Waals surface area contributed by atoms with Crippen molar-refractivity contribution in [3.05, 3.63) is 51.2 Å². The van der Waals surface area contributed by atoms with Crippen LogP contribution in [0.2, 0.25) is 5.02 Å². The van der Waals surface area contributed by atoms with Gasteiger partial charge in [0.05, 0.1) is 19.2 Å². The van der Waals surface area contributed by atoms with E-state index in [2.05, 4.69) is 11.4 Å². The lowest BCUT2D eigenvalue weighted by Gasteiger charge is -2.37. The number of ether oxygens (including phenoxy) is 2. The molecule has 1 aromatic heterocycles. The number of carbonyl (C=O) groups excluding carboxylic acids is 2. The third-order valence-electron chi connectivity index (χ3n) is 5.77. The van der Waals surface area contributed by atoms with Gasteiger partial charge in [0.1, 0.15) is 12.4 Å². The van der Waals surface area contributed by atoms with Crippen molar-refractivity contribution in [2.24, 2.45) is 5.92 Å². The van der Waals surface area contributed by atoms with Crippen molar-refractivity contribution in [3.8, 4) is 5.75 Å². The van der Waals surface area contributed by atoms with Crippen LogP contribution in [0.1, 0.15) is 29.3 Å². The molecule has 31 heavy (non-hydrogen) atoms. The van der Waals surface area contributed by atoms with Crippen LogP contribution in [0.25, 0.3) is 0 Å². The molecule has 1 atom stereocenters. The van der Waals surface area contributed by atoms with Gasteiger partial charge >= 0.3 is 0 Å². The summed E-state index contributed by atoms with van der Waals surface area (Å²) < 4.78 is 11.2.